The van der Waals surface area contributed by atoms with Crippen LogP contribution in [0.2, 0.25) is 0 Å². The van der Waals surface area contributed by atoms with E-state index in [9.17, 15) is 8.42 Å². The molecule has 0 spiro atoms. The molecule has 0 aromatic heterocycles. The van der Waals surface area contributed by atoms with E-state index in [2.05, 4.69) is 15.7 Å². The molecule has 0 heterocycles. The third kappa shape index (κ3) is 3.58. The maximum absolute atomic E-state index is 11.7. The van der Waals surface area contributed by atoms with Gasteiger partial charge in [-0.3, -0.25) is 4.28 Å². The third-order valence-corrected chi connectivity index (χ3v) is 3.55. The van der Waals surface area contributed by atoms with Crippen molar-refractivity contribution in [1.82, 2.24) is 0 Å². The maximum atomic E-state index is 11.7. The quantitative estimate of drug-likeness (QED) is 0.626. The fraction of sp³-hybridized carbons (Fsp3) is 0.0714. The van der Waals surface area contributed by atoms with Gasteiger partial charge in [-0.1, -0.05) is 23.4 Å². The summed E-state index contributed by atoms with van der Waals surface area (Å²) in [6, 6.07) is 14.6. The van der Waals surface area contributed by atoms with Crippen LogP contribution < -0.4 is 4.74 Å². The van der Waals surface area contributed by atoms with Gasteiger partial charge in [0.15, 0.2) is 0 Å². The first-order valence-corrected chi connectivity index (χ1v) is 7.11. The van der Waals surface area contributed by atoms with E-state index in [1.54, 1.807) is 49.6 Å². The Hall–Kier alpha value is -2.34. The van der Waals surface area contributed by atoms with Crippen molar-refractivity contribution in [2.75, 3.05) is 7.11 Å². The Morgan fingerprint density at radius 2 is 1.65 bits per heavy atom. The molecule has 0 saturated heterocycles. The minimum absolute atomic E-state index is 0.0419. The largest absolute Gasteiger partial charge is 0.497 e. The zero-order chi connectivity index (χ0) is 14.4. The van der Waals surface area contributed by atoms with Gasteiger partial charge in [-0.05, 0) is 36.4 Å². The van der Waals surface area contributed by atoms with Crippen molar-refractivity contribution in [2.45, 2.75) is 4.90 Å². The van der Waals surface area contributed by atoms with Gasteiger partial charge >= 0.3 is 10.1 Å². The molecule has 0 bridgehead atoms. The predicted octanol–water partition coefficient (Wildman–Crippen LogP) is 2.31. The highest BCUT2D eigenvalue weighted by molar-refractivity contribution is 7.86. The van der Waals surface area contributed by atoms with E-state index in [1.807, 2.05) is 0 Å². The Kier molecular flexibility index (Phi) is 4.37. The average molecular weight is 290 g/mol. The number of benzene rings is 2. The number of methoxy groups -OCH3 is 1. The average Bonchev–Trinajstić information content (AvgIpc) is 2.49. The minimum Gasteiger partial charge on any atom is -0.497 e. The van der Waals surface area contributed by atoms with E-state index in [0.717, 1.165) is 0 Å². The van der Waals surface area contributed by atoms with Crippen LogP contribution in [0.5, 0.6) is 5.75 Å². The molecule has 0 N–H and O–H groups in total. The molecule has 0 aliphatic carbocycles. The molecule has 5 nitrogen and oxygen atoms in total. The Bertz CT molecular complexity index is 679. The Balaban J connectivity index is 2.05. The molecule has 0 saturated carbocycles. The lowest BCUT2D eigenvalue weighted by Crippen LogP contribution is -2.02. The minimum atomic E-state index is -3.90. The smallest absolute Gasteiger partial charge is 0.358 e. The molecule has 6 heteroatoms. The summed E-state index contributed by atoms with van der Waals surface area (Å²) in [4.78, 5) is 0.0419. The number of rotatable bonds is 5. The lowest BCUT2D eigenvalue weighted by atomic mass is 10.2. The zero-order valence-corrected chi connectivity index (χ0v) is 11.5. The van der Waals surface area contributed by atoms with Gasteiger partial charge in [-0.2, -0.15) is 8.42 Å². The Morgan fingerprint density at radius 3 is 2.25 bits per heavy atom. The molecule has 1 radical (unpaired) electrons. The van der Waals surface area contributed by atoms with E-state index in [0.29, 0.717) is 11.3 Å². The SMILES string of the molecule is COc1ccc(/[C]=N/OS(=O)(=O)c2ccccc2)cc1. The first kappa shape index (κ1) is 14.1. The highest BCUT2D eigenvalue weighted by Crippen LogP contribution is 2.12. The summed E-state index contributed by atoms with van der Waals surface area (Å²) in [7, 11) is -2.34. The van der Waals surface area contributed by atoms with Crippen LogP contribution in [0.1, 0.15) is 5.56 Å². The molecule has 0 aliphatic rings. The summed E-state index contributed by atoms with van der Waals surface area (Å²) in [6.45, 7) is 0. The van der Waals surface area contributed by atoms with Crippen LogP contribution in [-0.4, -0.2) is 21.7 Å². The lowest BCUT2D eigenvalue weighted by molar-refractivity contribution is 0.341. The summed E-state index contributed by atoms with van der Waals surface area (Å²) in [5.41, 5.74) is 0.578. The fourth-order valence-electron chi connectivity index (χ4n) is 1.42. The number of nitrogens with zero attached hydrogens (tertiary/aromatic N) is 1. The third-order valence-electron chi connectivity index (χ3n) is 2.43. The highest BCUT2D eigenvalue weighted by atomic mass is 32.2. The van der Waals surface area contributed by atoms with Crippen LogP contribution in [-0.2, 0) is 14.4 Å². The van der Waals surface area contributed by atoms with Gasteiger partial charge in [0.05, 0.1) is 7.11 Å². The van der Waals surface area contributed by atoms with Crippen molar-refractivity contribution in [3.8, 4) is 5.75 Å². The molecule has 2 aromatic carbocycles. The molecule has 0 unspecified atom stereocenters. The molecule has 2 aromatic rings. The van der Waals surface area contributed by atoms with Gasteiger partial charge in [0.2, 0.25) is 0 Å². The highest BCUT2D eigenvalue weighted by Gasteiger charge is 2.14. The standard InChI is InChI=1S/C14H12NO4S/c1-18-13-9-7-12(8-10-13)11-15-19-20(16,17)14-5-3-2-4-6-14/h2-10H,1H3. The topological polar surface area (TPSA) is 65.0 Å². The van der Waals surface area contributed by atoms with E-state index in [1.165, 1.54) is 12.1 Å². The van der Waals surface area contributed by atoms with Crippen LogP contribution in [0, 0.1) is 0 Å². The van der Waals surface area contributed by atoms with Crippen LogP contribution in [0.4, 0.5) is 0 Å². The van der Waals surface area contributed by atoms with Crippen molar-refractivity contribution in [3.63, 3.8) is 0 Å². The monoisotopic (exact) mass is 290 g/mol. The van der Waals surface area contributed by atoms with Gasteiger partial charge in [-0.25, -0.2) is 0 Å². The molecule has 0 fully saturated rings. The molecule has 0 aliphatic heterocycles. The van der Waals surface area contributed by atoms with Crippen LogP contribution in [0.25, 0.3) is 0 Å². The van der Waals surface area contributed by atoms with Crippen LogP contribution in [0.15, 0.2) is 64.6 Å². The Labute approximate surface area is 117 Å². The predicted molar refractivity (Wildman–Crippen MR) is 74.2 cm³/mol. The van der Waals surface area contributed by atoms with E-state index in [4.69, 9.17) is 4.74 Å². The van der Waals surface area contributed by atoms with Crippen LogP contribution >= 0.6 is 0 Å². The van der Waals surface area contributed by atoms with Gasteiger partial charge in [-0.15, -0.1) is 0 Å². The fourth-order valence-corrected chi connectivity index (χ4v) is 2.13. The molecule has 0 atom stereocenters. The molecular formula is C14H12NO4S. The van der Waals surface area contributed by atoms with Gasteiger partial charge in [0.25, 0.3) is 0 Å². The van der Waals surface area contributed by atoms with Gasteiger partial charge in [0, 0.05) is 5.56 Å². The zero-order valence-electron chi connectivity index (χ0n) is 10.7. The second kappa shape index (κ2) is 6.21. The molecule has 20 heavy (non-hydrogen) atoms. The van der Waals surface area contributed by atoms with E-state index in [-0.39, 0.29) is 4.90 Å². The Morgan fingerprint density at radius 1 is 1.00 bits per heavy atom. The normalized spacial score (nSPS) is 11.4. The number of hydrogen-bond donors (Lipinski definition) is 0. The second-order valence-electron chi connectivity index (χ2n) is 3.77. The van der Waals surface area contributed by atoms with Crippen molar-refractivity contribution in [2.24, 2.45) is 5.16 Å². The summed E-state index contributed by atoms with van der Waals surface area (Å²) >= 11 is 0. The lowest BCUT2D eigenvalue weighted by Gasteiger charge is -2.00. The summed E-state index contributed by atoms with van der Waals surface area (Å²) in [5.74, 6) is 0.688. The molecule has 103 valence electrons. The number of hydrogen-bond acceptors (Lipinski definition) is 5. The van der Waals surface area contributed by atoms with Gasteiger partial charge in [0.1, 0.15) is 16.9 Å². The first-order chi connectivity index (χ1) is 9.62. The molecular weight excluding hydrogens is 278 g/mol. The number of ether oxygens (including phenoxy) is 1. The van der Waals surface area contributed by atoms with Crippen molar-refractivity contribution < 1.29 is 17.4 Å². The summed E-state index contributed by atoms with van der Waals surface area (Å²) in [6.07, 6.45) is 2.49. The second-order valence-corrected chi connectivity index (χ2v) is 5.30. The molecule has 0 amide bonds. The van der Waals surface area contributed by atoms with Crippen molar-refractivity contribution in [1.29, 1.82) is 0 Å². The van der Waals surface area contributed by atoms with Crippen molar-refractivity contribution >= 4 is 16.3 Å². The van der Waals surface area contributed by atoms with Crippen molar-refractivity contribution in [3.05, 3.63) is 60.2 Å². The first-order valence-electron chi connectivity index (χ1n) is 5.70. The van der Waals surface area contributed by atoms with Crippen LogP contribution in [0.3, 0.4) is 0 Å². The summed E-state index contributed by atoms with van der Waals surface area (Å²) in [5, 5.41) is 3.37. The van der Waals surface area contributed by atoms with E-state index < -0.39 is 10.1 Å². The maximum Gasteiger partial charge on any atom is 0.358 e. The van der Waals surface area contributed by atoms with E-state index >= 15 is 0 Å². The van der Waals surface area contributed by atoms with Gasteiger partial charge < -0.3 is 4.74 Å². The summed E-state index contributed by atoms with van der Waals surface area (Å²) < 4.78 is 33.0. The molecule has 2 rings (SSSR count).